The number of carbonyl (C=O) groups excluding carboxylic acids is 2. The fourth-order valence-corrected chi connectivity index (χ4v) is 0.887. The van der Waals surface area contributed by atoms with Gasteiger partial charge >= 0.3 is 11.9 Å². The van der Waals surface area contributed by atoms with Crippen molar-refractivity contribution in [3.8, 4) is 0 Å². The van der Waals surface area contributed by atoms with Crippen molar-refractivity contribution < 1.29 is 19.1 Å². The van der Waals surface area contributed by atoms with Crippen LogP contribution in [0.4, 0.5) is 0 Å². The molecule has 0 heterocycles. The van der Waals surface area contributed by atoms with E-state index in [0.29, 0.717) is 6.42 Å². The van der Waals surface area contributed by atoms with Crippen LogP contribution in [0.5, 0.6) is 0 Å². The lowest BCUT2D eigenvalue weighted by atomic mass is 9.91. The van der Waals surface area contributed by atoms with E-state index >= 15 is 0 Å². The molecule has 18 heavy (non-hydrogen) atoms. The summed E-state index contributed by atoms with van der Waals surface area (Å²) in [6.45, 7) is 9.34. The molecule has 0 aromatic rings. The summed E-state index contributed by atoms with van der Waals surface area (Å²) in [5.74, 6) is -0.657. The molecule has 0 aliphatic rings. The molecule has 5 nitrogen and oxygen atoms in total. The molecule has 0 atom stereocenters. The number of esters is 2. The molecule has 0 spiro atoms. The van der Waals surface area contributed by atoms with Gasteiger partial charge in [-0.1, -0.05) is 6.92 Å². The summed E-state index contributed by atoms with van der Waals surface area (Å²) in [4.78, 5) is 23.2. The van der Waals surface area contributed by atoms with Crippen molar-refractivity contribution >= 4 is 11.9 Å². The van der Waals surface area contributed by atoms with Crippen molar-refractivity contribution in [3.63, 3.8) is 0 Å². The van der Waals surface area contributed by atoms with Gasteiger partial charge in [0.1, 0.15) is 13.2 Å². The second kappa shape index (κ2) is 6.73. The van der Waals surface area contributed by atoms with Crippen molar-refractivity contribution in [2.45, 2.75) is 41.0 Å². The Morgan fingerprint density at radius 2 is 1.33 bits per heavy atom. The third-order valence-corrected chi connectivity index (χ3v) is 3.05. The fourth-order valence-electron chi connectivity index (χ4n) is 0.887. The van der Waals surface area contributed by atoms with E-state index < -0.39 is 10.8 Å². The van der Waals surface area contributed by atoms with Crippen molar-refractivity contribution in [3.05, 3.63) is 0 Å². The zero-order chi connectivity index (χ0) is 14.4. The van der Waals surface area contributed by atoms with Gasteiger partial charge in [0.2, 0.25) is 0 Å². The minimum absolute atomic E-state index is 0.0633. The van der Waals surface area contributed by atoms with Crippen molar-refractivity contribution in [2.24, 2.45) is 16.6 Å². The van der Waals surface area contributed by atoms with E-state index in [0.717, 1.165) is 0 Å². The Morgan fingerprint density at radius 1 is 0.944 bits per heavy atom. The Bertz CT molecular complexity index is 267. The lowest BCUT2D eigenvalue weighted by Gasteiger charge is -2.22. The zero-order valence-electron chi connectivity index (χ0n) is 12.0. The number of hydrogen-bond acceptors (Lipinski definition) is 5. The molecule has 0 aromatic carbocycles. The van der Waals surface area contributed by atoms with Gasteiger partial charge in [-0.25, -0.2) is 0 Å². The molecule has 2 N–H and O–H groups in total. The maximum atomic E-state index is 11.6. The number of rotatable bonds is 7. The van der Waals surface area contributed by atoms with Gasteiger partial charge in [-0.15, -0.1) is 0 Å². The summed E-state index contributed by atoms with van der Waals surface area (Å²) in [5, 5.41) is 0. The molecule has 106 valence electrons. The Kier molecular flexibility index (Phi) is 6.32. The average Bonchev–Trinajstić information content (AvgIpc) is 2.33. The van der Waals surface area contributed by atoms with Crippen LogP contribution in [0.2, 0.25) is 0 Å². The smallest absolute Gasteiger partial charge is 0.312 e. The van der Waals surface area contributed by atoms with Gasteiger partial charge in [0.15, 0.2) is 0 Å². The highest BCUT2D eigenvalue weighted by Gasteiger charge is 2.29. The summed E-state index contributed by atoms with van der Waals surface area (Å²) >= 11 is 0. The van der Waals surface area contributed by atoms with Crippen molar-refractivity contribution in [1.29, 1.82) is 0 Å². The summed E-state index contributed by atoms with van der Waals surface area (Å²) in [6, 6.07) is 0. The molecule has 0 aliphatic heterocycles. The predicted molar refractivity (Wildman–Crippen MR) is 68.8 cm³/mol. The summed E-state index contributed by atoms with van der Waals surface area (Å²) < 4.78 is 10.0. The third kappa shape index (κ3) is 5.04. The lowest BCUT2D eigenvalue weighted by Crippen LogP contribution is -2.35. The van der Waals surface area contributed by atoms with E-state index in [4.69, 9.17) is 15.2 Å². The quantitative estimate of drug-likeness (QED) is 0.553. The van der Waals surface area contributed by atoms with E-state index in [9.17, 15) is 9.59 Å². The second-order valence-corrected chi connectivity index (χ2v) is 5.60. The zero-order valence-corrected chi connectivity index (χ0v) is 12.0. The topological polar surface area (TPSA) is 78.6 Å². The molecule has 0 rings (SSSR count). The molecule has 0 amide bonds. The summed E-state index contributed by atoms with van der Waals surface area (Å²) in [5.41, 5.74) is 4.25. The Morgan fingerprint density at radius 3 is 1.67 bits per heavy atom. The molecular weight excluding hydrogens is 234 g/mol. The SMILES string of the molecule is CCC(C)(C)C(=O)OCCOC(=O)C(C)(C)CN. The van der Waals surface area contributed by atoms with Crippen LogP contribution in [0.25, 0.3) is 0 Å². The first kappa shape index (κ1) is 16.9. The van der Waals surface area contributed by atoms with E-state index in [1.807, 2.05) is 20.8 Å². The van der Waals surface area contributed by atoms with Crippen LogP contribution in [0.15, 0.2) is 0 Å². The minimum atomic E-state index is -0.702. The minimum Gasteiger partial charge on any atom is -0.462 e. The molecule has 5 heteroatoms. The van der Waals surface area contributed by atoms with Gasteiger partial charge in [-0.3, -0.25) is 9.59 Å². The summed E-state index contributed by atoms with van der Waals surface area (Å²) in [6.07, 6.45) is 0.700. The van der Waals surface area contributed by atoms with Gasteiger partial charge in [0.25, 0.3) is 0 Å². The predicted octanol–water partition coefficient (Wildman–Crippen LogP) is 1.49. The van der Waals surface area contributed by atoms with Gasteiger partial charge in [0, 0.05) is 6.54 Å². The van der Waals surface area contributed by atoms with Gasteiger partial charge in [-0.05, 0) is 34.1 Å². The van der Waals surface area contributed by atoms with Crippen LogP contribution < -0.4 is 5.73 Å². The first-order valence-corrected chi connectivity index (χ1v) is 6.22. The molecule has 0 saturated heterocycles. The lowest BCUT2D eigenvalue weighted by molar-refractivity contribution is -0.162. The van der Waals surface area contributed by atoms with Crippen LogP contribution in [0.3, 0.4) is 0 Å². The van der Waals surface area contributed by atoms with Gasteiger partial charge < -0.3 is 15.2 Å². The molecule has 0 bridgehead atoms. The largest absolute Gasteiger partial charge is 0.462 e. The Balaban J connectivity index is 3.96. The molecule has 0 aliphatic carbocycles. The average molecular weight is 259 g/mol. The van der Waals surface area contributed by atoms with Crippen LogP contribution in [-0.2, 0) is 19.1 Å². The van der Waals surface area contributed by atoms with Crippen LogP contribution in [-0.4, -0.2) is 31.7 Å². The Hall–Kier alpha value is -1.10. The number of carbonyl (C=O) groups is 2. The van der Waals surface area contributed by atoms with Crippen LogP contribution in [0.1, 0.15) is 41.0 Å². The number of ether oxygens (including phenoxy) is 2. The van der Waals surface area contributed by atoms with Crippen molar-refractivity contribution in [2.75, 3.05) is 19.8 Å². The maximum Gasteiger partial charge on any atom is 0.312 e. The van der Waals surface area contributed by atoms with Crippen molar-refractivity contribution in [1.82, 2.24) is 0 Å². The summed E-state index contributed by atoms with van der Waals surface area (Å²) in [7, 11) is 0. The Labute approximate surface area is 109 Å². The molecule has 0 radical (unpaired) electrons. The fraction of sp³-hybridized carbons (Fsp3) is 0.846. The molecular formula is C13H25NO4. The van der Waals surface area contributed by atoms with E-state index in [1.54, 1.807) is 13.8 Å². The van der Waals surface area contributed by atoms with Gasteiger partial charge in [-0.2, -0.15) is 0 Å². The third-order valence-electron chi connectivity index (χ3n) is 3.05. The molecule has 0 unspecified atom stereocenters. The highest BCUT2D eigenvalue weighted by Crippen LogP contribution is 2.21. The number of hydrogen-bond donors (Lipinski definition) is 1. The molecule has 0 saturated carbocycles. The van der Waals surface area contributed by atoms with E-state index in [1.165, 1.54) is 0 Å². The van der Waals surface area contributed by atoms with Crippen LogP contribution >= 0.6 is 0 Å². The highest BCUT2D eigenvalue weighted by atomic mass is 16.6. The molecule has 0 fully saturated rings. The highest BCUT2D eigenvalue weighted by molar-refractivity contribution is 5.76. The first-order chi connectivity index (χ1) is 8.17. The second-order valence-electron chi connectivity index (χ2n) is 5.60. The maximum absolute atomic E-state index is 11.6. The van der Waals surface area contributed by atoms with E-state index in [-0.39, 0.29) is 31.7 Å². The number of nitrogens with two attached hydrogens (primary N) is 1. The first-order valence-electron chi connectivity index (χ1n) is 6.22. The monoisotopic (exact) mass is 259 g/mol. The standard InChI is InChI=1S/C13H25NO4/c1-6-12(2,3)10(15)17-7-8-18-11(16)13(4,5)9-14/h6-9,14H2,1-5H3. The van der Waals surface area contributed by atoms with Crippen LogP contribution in [0, 0.1) is 10.8 Å². The van der Waals surface area contributed by atoms with Gasteiger partial charge in [0.05, 0.1) is 10.8 Å². The van der Waals surface area contributed by atoms with E-state index in [2.05, 4.69) is 0 Å². The molecule has 0 aromatic heterocycles. The normalized spacial score (nSPS) is 12.1.